The highest BCUT2D eigenvalue weighted by molar-refractivity contribution is 6.34. The Labute approximate surface area is 140 Å². The predicted molar refractivity (Wildman–Crippen MR) is 94.9 cm³/mol. The normalized spacial score (nSPS) is 12.7. The van der Waals surface area contributed by atoms with Crippen molar-refractivity contribution in [2.75, 3.05) is 26.0 Å². The third-order valence-corrected chi connectivity index (χ3v) is 4.19. The quantitative estimate of drug-likeness (QED) is 0.729. The van der Waals surface area contributed by atoms with E-state index in [-0.39, 0.29) is 6.04 Å². The van der Waals surface area contributed by atoms with E-state index in [9.17, 15) is 0 Å². The molecule has 0 radical (unpaired) electrons. The topological polar surface area (TPSA) is 46.0 Å². The minimum absolute atomic E-state index is 0.204. The Morgan fingerprint density at radius 1 is 1.30 bits per heavy atom. The summed E-state index contributed by atoms with van der Waals surface area (Å²) >= 11 is 6.29. The number of aromatic nitrogens is 3. The van der Waals surface area contributed by atoms with Gasteiger partial charge in [-0.05, 0) is 25.5 Å². The molecule has 0 saturated carbocycles. The summed E-state index contributed by atoms with van der Waals surface area (Å²) in [5.74, 6) is 0.782. The molecule has 1 unspecified atom stereocenters. The van der Waals surface area contributed by atoms with Gasteiger partial charge >= 0.3 is 0 Å². The van der Waals surface area contributed by atoms with E-state index in [1.165, 1.54) is 0 Å². The Morgan fingerprint density at radius 3 is 2.78 bits per heavy atom. The molecule has 0 bridgehead atoms. The number of rotatable bonds is 5. The molecule has 5 nitrogen and oxygen atoms in total. The molecule has 0 aliphatic heterocycles. The van der Waals surface area contributed by atoms with E-state index in [0.29, 0.717) is 5.15 Å². The maximum atomic E-state index is 6.29. The van der Waals surface area contributed by atoms with Crippen molar-refractivity contribution < 1.29 is 0 Å². The lowest BCUT2D eigenvalue weighted by molar-refractivity contribution is 0.311. The molecule has 3 aromatic rings. The fourth-order valence-electron chi connectivity index (χ4n) is 2.66. The van der Waals surface area contributed by atoms with E-state index in [2.05, 4.69) is 34.4 Å². The molecule has 1 aromatic carbocycles. The van der Waals surface area contributed by atoms with Crippen LogP contribution in [0.1, 0.15) is 11.6 Å². The minimum atomic E-state index is 0.204. The van der Waals surface area contributed by atoms with Crippen LogP contribution in [-0.2, 0) is 7.05 Å². The van der Waals surface area contributed by atoms with Crippen LogP contribution in [0, 0.1) is 0 Å². The lowest BCUT2D eigenvalue weighted by atomic mass is 10.1. The van der Waals surface area contributed by atoms with Crippen molar-refractivity contribution in [3.63, 3.8) is 0 Å². The molecule has 0 aliphatic rings. The Balaban J connectivity index is 1.81. The van der Waals surface area contributed by atoms with Crippen molar-refractivity contribution in [2.24, 2.45) is 7.05 Å². The average molecular weight is 330 g/mol. The molecule has 23 heavy (non-hydrogen) atoms. The number of fused-ring (bicyclic) bond motifs is 1. The SMILES string of the molecule is CN(C)C(CNc1cc2ccccc2c(Cl)n1)c1cnn(C)c1. The van der Waals surface area contributed by atoms with Crippen LogP contribution >= 0.6 is 11.6 Å². The number of benzene rings is 1. The predicted octanol–water partition coefficient (Wildman–Crippen LogP) is 3.34. The van der Waals surface area contributed by atoms with E-state index >= 15 is 0 Å². The van der Waals surface area contributed by atoms with Gasteiger partial charge in [0.15, 0.2) is 0 Å². The maximum absolute atomic E-state index is 6.29. The minimum Gasteiger partial charge on any atom is -0.368 e. The number of hydrogen-bond acceptors (Lipinski definition) is 4. The molecule has 1 N–H and O–H groups in total. The van der Waals surface area contributed by atoms with Crippen LogP contribution in [0.25, 0.3) is 10.8 Å². The molecule has 0 saturated heterocycles. The summed E-state index contributed by atoms with van der Waals surface area (Å²) in [5, 5.41) is 10.2. The summed E-state index contributed by atoms with van der Waals surface area (Å²) in [6, 6.07) is 10.2. The van der Waals surface area contributed by atoms with Crippen LogP contribution in [0.5, 0.6) is 0 Å². The monoisotopic (exact) mass is 329 g/mol. The fourth-order valence-corrected chi connectivity index (χ4v) is 2.92. The largest absolute Gasteiger partial charge is 0.368 e. The summed E-state index contributed by atoms with van der Waals surface area (Å²) in [6.07, 6.45) is 3.93. The summed E-state index contributed by atoms with van der Waals surface area (Å²) in [4.78, 5) is 6.61. The van der Waals surface area contributed by atoms with Crippen LogP contribution < -0.4 is 5.32 Å². The van der Waals surface area contributed by atoms with Crippen LogP contribution in [0.2, 0.25) is 5.15 Å². The molecule has 2 heterocycles. The highest BCUT2D eigenvalue weighted by atomic mass is 35.5. The Hall–Kier alpha value is -2.11. The Bertz CT molecular complexity index is 812. The van der Waals surface area contributed by atoms with Gasteiger partial charge in [0.25, 0.3) is 0 Å². The van der Waals surface area contributed by atoms with Gasteiger partial charge < -0.3 is 10.2 Å². The third-order valence-electron chi connectivity index (χ3n) is 3.90. The van der Waals surface area contributed by atoms with Gasteiger partial charge in [-0.2, -0.15) is 5.10 Å². The summed E-state index contributed by atoms with van der Waals surface area (Å²) in [5.41, 5.74) is 1.16. The zero-order valence-electron chi connectivity index (χ0n) is 13.5. The number of pyridine rings is 1. The van der Waals surface area contributed by atoms with Gasteiger partial charge in [0.05, 0.1) is 12.2 Å². The zero-order chi connectivity index (χ0) is 16.4. The number of nitrogens with zero attached hydrogens (tertiary/aromatic N) is 4. The van der Waals surface area contributed by atoms with Crippen molar-refractivity contribution >= 4 is 28.2 Å². The van der Waals surface area contributed by atoms with Gasteiger partial charge in [-0.15, -0.1) is 0 Å². The van der Waals surface area contributed by atoms with Gasteiger partial charge in [0.2, 0.25) is 0 Å². The van der Waals surface area contributed by atoms with Gasteiger partial charge in [0, 0.05) is 30.7 Å². The van der Waals surface area contributed by atoms with Crippen LogP contribution in [0.3, 0.4) is 0 Å². The van der Waals surface area contributed by atoms with Gasteiger partial charge in [-0.1, -0.05) is 35.9 Å². The van der Waals surface area contributed by atoms with Crippen molar-refractivity contribution in [2.45, 2.75) is 6.04 Å². The lowest BCUT2D eigenvalue weighted by Crippen LogP contribution is -2.26. The molecule has 0 aliphatic carbocycles. The first kappa shape index (κ1) is 15.8. The van der Waals surface area contributed by atoms with Crippen LogP contribution in [-0.4, -0.2) is 40.3 Å². The second kappa shape index (κ2) is 6.56. The van der Waals surface area contributed by atoms with Gasteiger partial charge in [-0.25, -0.2) is 4.98 Å². The number of anilines is 1. The maximum Gasteiger partial charge on any atom is 0.139 e. The number of likely N-dealkylation sites (N-methyl/N-ethyl adjacent to an activating group) is 1. The second-order valence-corrected chi connectivity index (χ2v) is 6.19. The standard InChI is InChI=1S/C17H20ClN5/c1-22(2)15(13-9-20-23(3)11-13)10-19-16-8-12-6-4-5-7-14(12)17(18)21-16/h4-9,11,15H,10H2,1-3H3,(H,19,21). The van der Waals surface area contributed by atoms with Crippen molar-refractivity contribution in [3.8, 4) is 0 Å². The first-order valence-corrected chi connectivity index (χ1v) is 7.86. The lowest BCUT2D eigenvalue weighted by Gasteiger charge is -2.24. The highest BCUT2D eigenvalue weighted by Crippen LogP contribution is 2.25. The molecular weight excluding hydrogens is 310 g/mol. The summed E-state index contributed by atoms with van der Waals surface area (Å²) < 4.78 is 1.82. The van der Waals surface area contributed by atoms with E-state index in [1.54, 1.807) is 0 Å². The molecular formula is C17H20ClN5. The smallest absolute Gasteiger partial charge is 0.139 e. The summed E-state index contributed by atoms with van der Waals surface area (Å²) in [7, 11) is 6.04. The highest BCUT2D eigenvalue weighted by Gasteiger charge is 2.16. The average Bonchev–Trinajstić information content (AvgIpc) is 2.93. The third kappa shape index (κ3) is 3.46. The molecule has 6 heteroatoms. The fraction of sp³-hybridized carbons (Fsp3) is 0.294. The molecule has 0 amide bonds. The van der Waals surface area contributed by atoms with Crippen LogP contribution in [0.15, 0.2) is 42.7 Å². The van der Waals surface area contributed by atoms with Crippen molar-refractivity contribution in [1.82, 2.24) is 19.7 Å². The Kier molecular flexibility index (Phi) is 4.50. The summed E-state index contributed by atoms with van der Waals surface area (Å²) in [6.45, 7) is 0.723. The van der Waals surface area contributed by atoms with E-state index in [4.69, 9.17) is 11.6 Å². The molecule has 120 valence electrons. The van der Waals surface area contributed by atoms with E-state index in [1.807, 2.05) is 54.5 Å². The first-order valence-electron chi connectivity index (χ1n) is 7.48. The number of halogens is 1. The second-order valence-electron chi connectivity index (χ2n) is 5.83. The Morgan fingerprint density at radius 2 is 2.09 bits per heavy atom. The van der Waals surface area contributed by atoms with Crippen LogP contribution in [0.4, 0.5) is 5.82 Å². The van der Waals surface area contributed by atoms with E-state index < -0.39 is 0 Å². The molecule has 0 spiro atoms. The molecule has 0 fully saturated rings. The zero-order valence-corrected chi connectivity index (χ0v) is 14.2. The molecule has 1 atom stereocenters. The van der Waals surface area contributed by atoms with Gasteiger partial charge in [-0.3, -0.25) is 4.68 Å². The number of nitrogens with one attached hydrogen (secondary N) is 1. The van der Waals surface area contributed by atoms with Crippen molar-refractivity contribution in [3.05, 3.63) is 53.4 Å². The first-order chi connectivity index (χ1) is 11.0. The van der Waals surface area contributed by atoms with E-state index in [0.717, 1.165) is 28.7 Å². The molecule has 2 aromatic heterocycles. The number of aryl methyl sites for hydroxylation is 1. The molecule has 3 rings (SSSR count). The number of hydrogen-bond donors (Lipinski definition) is 1. The van der Waals surface area contributed by atoms with Gasteiger partial charge in [0.1, 0.15) is 11.0 Å². The van der Waals surface area contributed by atoms with Crippen molar-refractivity contribution in [1.29, 1.82) is 0 Å².